The number of piperidine rings is 2. The first-order chi connectivity index (χ1) is 13.6. The van der Waals surface area contributed by atoms with Gasteiger partial charge < -0.3 is 9.52 Å². The maximum Gasteiger partial charge on any atom is 0.308 e. The number of aliphatic carboxylic acids is 1. The Hall–Kier alpha value is -2.66. The molecular formula is C23H24N2O3. The molecule has 0 unspecified atom stereocenters. The maximum atomic E-state index is 11.6. The predicted octanol–water partition coefficient (Wildman–Crippen LogP) is 4.49. The summed E-state index contributed by atoms with van der Waals surface area (Å²) in [6.07, 6.45) is 2.93. The monoisotopic (exact) mass is 376 g/mol. The summed E-state index contributed by atoms with van der Waals surface area (Å²) >= 11 is 0. The molecule has 3 aromatic rings. The lowest BCUT2D eigenvalue weighted by atomic mass is 9.72. The van der Waals surface area contributed by atoms with Crippen LogP contribution in [0.25, 0.3) is 22.2 Å². The van der Waals surface area contributed by atoms with Crippen molar-refractivity contribution in [3.63, 3.8) is 0 Å². The average molecular weight is 376 g/mol. The second-order valence-corrected chi connectivity index (χ2v) is 8.20. The fourth-order valence-electron chi connectivity index (χ4n) is 4.97. The summed E-state index contributed by atoms with van der Waals surface area (Å²) in [6, 6.07) is 14.6. The Morgan fingerprint density at radius 3 is 2.82 bits per heavy atom. The summed E-state index contributed by atoms with van der Waals surface area (Å²) in [7, 11) is 0. The van der Waals surface area contributed by atoms with E-state index >= 15 is 0 Å². The lowest BCUT2D eigenvalue weighted by molar-refractivity contribution is -0.150. The second-order valence-electron chi connectivity index (χ2n) is 8.20. The van der Waals surface area contributed by atoms with Crippen molar-refractivity contribution in [2.75, 3.05) is 6.54 Å². The number of carbonyl (C=O) groups is 1. The Labute approximate surface area is 164 Å². The molecule has 3 aliphatic rings. The largest absolute Gasteiger partial charge is 0.481 e. The van der Waals surface area contributed by atoms with Crippen LogP contribution in [0, 0.1) is 18.8 Å². The minimum absolute atomic E-state index is 0.114. The van der Waals surface area contributed by atoms with Crippen LogP contribution < -0.4 is 0 Å². The van der Waals surface area contributed by atoms with Gasteiger partial charge in [0.25, 0.3) is 0 Å². The van der Waals surface area contributed by atoms with Gasteiger partial charge in [0.15, 0.2) is 0 Å². The number of carboxylic acid groups (broad SMARTS) is 1. The normalized spacial score (nSPS) is 24.7. The number of aryl methyl sites for hydroxylation is 1. The molecule has 0 spiro atoms. The molecule has 144 valence electrons. The molecule has 28 heavy (non-hydrogen) atoms. The highest BCUT2D eigenvalue weighted by atomic mass is 16.4. The second kappa shape index (κ2) is 6.74. The molecule has 2 saturated heterocycles. The number of oxazole rings is 1. The van der Waals surface area contributed by atoms with Gasteiger partial charge in [-0.05, 0) is 55.0 Å². The quantitative estimate of drug-likeness (QED) is 0.727. The first-order valence-electron chi connectivity index (χ1n) is 10.0. The zero-order valence-corrected chi connectivity index (χ0v) is 16.0. The number of fused-ring (bicyclic) bond motifs is 4. The molecule has 5 heteroatoms. The molecule has 2 aromatic carbocycles. The highest BCUT2D eigenvalue weighted by molar-refractivity contribution is 5.86. The third-order valence-corrected chi connectivity index (χ3v) is 6.44. The zero-order valence-electron chi connectivity index (χ0n) is 16.0. The summed E-state index contributed by atoms with van der Waals surface area (Å²) in [5.41, 5.74) is 1.89. The molecule has 3 atom stereocenters. The van der Waals surface area contributed by atoms with E-state index in [4.69, 9.17) is 9.40 Å². The van der Waals surface area contributed by atoms with Gasteiger partial charge in [-0.25, -0.2) is 4.98 Å². The van der Waals surface area contributed by atoms with Gasteiger partial charge >= 0.3 is 5.97 Å². The zero-order chi connectivity index (χ0) is 19.3. The SMILES string of the molecule is Cc1oc(-c2ccc3ccccc3c2)nc1CN1C[C@@H]2CC[C@H]1[C@H](C(=O)O)C2. The first-order valence-corrected chi connectivity index (χ1v) is 10.0. The van der Waals surface area contributed by atoms with E-state index in [1.165, 1.54) is 5.39 Å². The van der Waals surface area contributed by atoms with E-state index in [1.807, 2.05) is 25.1 Å². The molecule has 5 nitrogen and oxygen atoms in total. The van der Waals surface area contributed by atoms with Crippen LogP contribution in [0.5, 0.6) is 0 Å². The molecular weight excluding hydrogens is 352 g/mol. The van der Waals surface area contributed by atoms with Crippen molar-refractivity contribution in [2.24, 2.45) is 11.8 Å². The highest BCUT2D eigenvalue weighted by Crippen LogP contribution is 2.40. The minimum atomic E-state index is -0.659. The standard InChI is InChI=1S/C23H24N2O3/c1-14-20(13-25-12-15-6-9-21(25)19(10-15)23(26)27)24-22(28-14)18-8-7-16-4-2-3-5-17(16)11-18/h2-5,7-8,11,15,19,21H,6,9-10,12-13H2,1H3,(H,26,27)/t15-,19-,21+/m1/s1. The van der Waals surface area contributed by atoms with Crippen LogP contribution in [-0.4, -0.2) is 33.5 Å². The van der Waals surface area contributed by atoms with Crippen molar-refractivity contribution in [3.8, 4) is 11.5 Å². The number of hydrogen-bond donors (Lipinski definition) is 1. The molecule has 2 aliphatic heterocycles. The van der Waals surface area contributed by atoms with Crippen LogP contribution >= 0.6 is 0 Å². The fourth-order valence-corrected chi connectivity index (χ4v) is 4.97. The summed E-state index contributed by atoms with van der Waals surface area (Å²) in [4.78, 5) is 18.7. The van der Waals surface area contributed by atoms with Gasteiger partial charge in [0.2, 0.25) is 5.89 Å². The van der Waals surface area contributed by atoms with Crippen molar-refractivity contribution in [3.05, 3.63) is 53.9 Å². The van der Waals surface area contributed by atoms with E-state index in [0.29, 0.717) is 18.4 Å². The van der Waals surface area contributed by atoms with Gasteiger partial charge in [-0.2, -0.15) is 0 Å². The molecule has 2 bridgehead atoms. The van der Waals surface area contributed by atoms with E-state index in [9.17, 15) is 9.90 Å². The summed E-state index contributed by atoms with van der Waals surface area (Å²) in [5.74, 6) is 1.03. The van der Waals surface area contributed by atoms with E-state index < -0.39 is 5.97 Å². The van der Waals surface area contributed by atoms with Crippen molar-refractivity contribution >= 4 is 16.7 Å². The van der Waals surface area contributed by atoms with E-state index in [0.717, 1.165) is 48.2 Å². The Bertz CT molecular complexity index is 1040. The van der Waals surface area contributed by atoms with Crippen LogP contribution in [0.2, 0.25) is 0 Å². The average Bonchev–Trinajstić information content (AvgIpc) is 3.08. The Morgan fingerprint density at radius 1 is 1.21 bits per heavy atom. The van der Waals surface area contributed by atoms with E-state index in [1.54, 1.807) is 0 Å². The molecule has 3 fully saturated rings. The Morgan fingerprint density at radius 2 is 2.04 bits per heavy atom. The first kappa shape index (κ1) is 17.4. The van der Waals surface area contributed by atoms with Crippen LogP contribution in [0.1, 0.15) is 30.7 Å². The molecule has 1 aromatic heterocycles. The van der Waals surface area contributed by atoms with Crippen LogP contribution in [0.4, 0.5) is 0 Å². The number of hydrogen-bond acceptors (Lipinski definition) is 4. The smallest absolute Gasteiger partial charge is 0.308 e. The van der Waals surface area contributed by atoms with E-state index in [2.05, 4.69) is 29.2 Å². The maximum absolute atomic E-state index is 11.6. The summed E-state index contributed by atoms with van der Waals surface area (Å²) in [6.45, 7) is 3.57. The highest BCUT2D eigenvalue weighted by Gasteiger charge is 2.44. The molecule has 3 heterocycles. The van der Waals surface area contributed by atoms with Gasteiger partial charge in [0.05, 0.1) is 11.6 Å². The lowest BCUT2D eigenvalue weighted by Gasteiger charge is -2.48. The Balaban J connectivity index is 1.41. The van der Waals surface area contributed by atoms with Gasteiger partial charge in [0, 0.05) is 24.7 Å². The molecule has 1 aliphatic carbocycles. The topological polar surface area (TPSA) is 66.6 Å². The fraction of sp³-hybridized carbons (Fsp3) is 0.391. The number of aromatic nitrogens is 1. The summed E-state index contributed by atoms with van der Waals surface area (Å²) in [5, 5.41) is 11.9. The molecule has 1 N–H and O–H groups in total. The third kappa shape index (κ3) is 3.00. The lowest BCUT2D eigenvalue weighted by Crippen LogP contribution is -2.54. The van der Waals surface area contributed by atoms with Gasteiger partial charge in [0.1, 0.15) is 5.76 Å². The van der Waals surface area contributed by atoms with Gasteiger partial charge in [-0.1, -0.05) is 30.3 Å². The molecule has 0 amide bonds. The van der Waals surface area contributed by atoms with Crippen LogP contribution in [0.3, 0.4) is 0 Å². The van der Waals surface area contributed by atoms with Crippen molar-refractivity contribution < 1.29 is 14.3 Å². The predicted molar refractivity (Wildman–Crippen MR) is 107 cm³/mol. The molecule has 0 radical (unpaired) electrons. The molecule has 1 saturated carbocycles. The third-order valence-electron chi connectivity index (χ3n) is 6.44. The molecule has 6 rings (SSSR count). The van der Waals surface area contributed by atoms with Gasteiger partial charge in [-0.15, -0.1) is 0 Å². The minimum Gasteiger partial charge on any atom is -0.481 e. The van der Waals surface area contributed by atoms with Crippen LogP contribution in [-0.2, 0) is 11.3 Å². The summed E-state index contributed by atoms with van der Waals surface area (Å²) < 4.78 is 5.99. The Kier molecular flexibility index (Phi) is 4.20. The number of nitrogens with zero attached hydrogens (tertiary/aromatic N) is 2. The number of carboxylic acids is 1. The van der Waals surface area contributed by atoms with E-state index in [-0.39, 0.29) is 12.0 Å². The van der Waals surface area contributed by atoms with Crippen molar-refractivity contribution in [1.29, 1.82) is 0 Å². The van der Waals surface area contributed by atoms with Gasteiger partial charge in [-0.3, -0.25) is 9.69 Å². The number of benzene rings is 2. The van der Waals surface area contributed by atoms with Crippen LogP contribution in [0.15, 0.2) is 46.9 Å². The van der Waals surface area contributed by atoms with Crippen molar-refractivity contribution in [1.82, 2.24) is 9.88 Å². The number of rotatable bonds is 4. The van der Waals surface area contributed by atoms with Crippen molar-refractivity contribution in [2.45, 2.75) is 38.8 Å².